The van der Waals surface area contributed by atoms with Gasteiger partial charge in [0.05, 0.1) is 33.8 Å². The number of hydrogen-bond donors (Lipinski definition) is 1. The molecule has 9 nitrogen and oxygen atoms in total. The first kappa shape index (κ1) is 73.4. The fourth-order valence-electron chi connectivity index (χ4n) is 8.13. The molecular weight excluding hydrogens is 976 g/mol. The van der Waals surface area contributed by atoms with Gasteiger partial charge >= 0.3 is 5.97 Å². The summed E-state index contributed by atoms with van der Waals surface area (Å²) in [5, 5.41) is 2.98. The molecule has 0 spiro atoms. The molecule has 1 amide bonds. The minimum atomic E-state index is -4.72. The molecule has 3 atom stereocenters. The number of rotatable bonds is 54. The molecule has 440 valence electrons. The number of unbranched alkanes of at least 4 members (excludes halogenated alkanes) is 20. The van der Waals surface area contributed by atoms with E-state index in [1.165, 1.54) is 89.9 Å². The number of nitrogens with zero attached hydrogens (tertiary/aromatic N) is 1. The summed E-state index contributed by atoms with van der Waals surface area (Å²) < 4.78 is 30.2. The van der Waals surface area contributed by atoms with Gasteiger partial charge in [0.25, 0.3) is 7.82 Å². The van der Waals surface area contributed by atoms with Crippen LogP contribution in [0.1, 0.15) is 239 Å². The Morgan fingerprint density at radius 1 is 0.468 bits per heavy atom. The van der Waals surface area contributed by atoms with Gasteiger partial charge in [0.15, 0.2) is 0 Å². The lowest BCUT2D eigenvalue weighted by molar-refractivity contribution is -0.870. The van der Waals surface area contributed by atoms with Crippen LogP contribution in [-0.4, -0.2) is 69.4 Å². The van der Waals surface area contributed by atoms with Crippen LogP contribution in [0.15, 0.2) is 122 Å². The number of phosphoric acid groups is 1. The molecule has 0 rings (SSSR count). The van der Waals surface area contributed by atoms with Gasteiger partial charge in [-0.15, -0.1) is 0 Å². The van der Waals surface area contributed by atoms with E-state index in [1.807, 2.05) is 33.3 Å². The van der Waals surface area contributed by atoms with Crippen molar-refractivity contribution in [3.05, 3.63) is 122 Å². The number of likely N-dealkylation sites (N-methyl/N-ethyl adjacent to an activating group) is 1. The fourth-order valence-corrected chi connectivity index (χ4v) is 8.85. The van der Waals surface area contributed by atoms with Crippen LogP contribution < -0.4 is 10.2 Å². The fraction of sp³-hybridized carbons (Fsp3) is 0.672. The van der Waals surface area contributed by atoms with Gasteiger partial charge < -0.3 is 28.5 Å². The maximum Gasteiger partial charge on any atom is 0.306 e. The third-order valence-electron chi connectivity index (χ3n) is 12.9. The first-order chi connectivity index (χ1) is 37.4. The van der Waals surface area contributed by atoms with Gasteiger partial charge in [0.1, 0.15) is 19.3 Å². The van der Waals surface area contributed by atoms with Crippen LogP contribution in [0.5, 0.6) is 0 Å². The zero-order chi connectivity index (χ0) is 56.4. The molecule has 0 aromatic rings. The molecule has 0 aliphatic carbocycles. The zero-order valence-corrected chi connectivity index (χ0v) is 51.0. The van der Waals surface area contributed by atoms with Gasteiger partial charge in [0, 0.05) is 12.8 Å². The van der Waals surface area contributed by atoms with E-state index in [2.05, 4.69) is 135 Å². The molecule has 0 saturated heterocycles. The van der Waals surface area contributed by atoms with E-state index in [1.54, 1.807) is 0 Å². The summed E-state index contributed by atoms with van der Waals surface area (Å²) in [6.07, 6.45) is 77.5. The molecule has 77 heavy (non-hydrogen) atoms. The summed E-state index contributed by atoms with van der Waals surface area (Å²) in [5.74, 6) is -0.630. The van der Waals surface area contributed by atoms with Crippen LogP contribution in [0.2, 0.25) is 0 Å². The average molecular weight is 1090 g/mol. The maximum atomic E-state index is 13.5. The van der Waals surface area contributed by atoms with Crippen molar-refractivity contribution in [3.63, 3.8) is 0 Å². The number of carbonyl (C=O) groups is 2. The van der Waals surface area contributed by atoms with Crippen molar-refractivity contribution < 1.29 is 37.3 Å². The number of amides is 1. The average Bonchev–Trinajstić information content (AvgIpc) is 3.39. The largest absolute Gasteiger partial charge is 0.756 e. The minimum Gasteiger partial charge on any atom is -0.756 e. The highest BCUT2D eigenvalue weighted by molar-refractivity contribution is 7.45. The number of esters is 1. The Morgan fingerprint density at radius 2 is 0.844 bits per heavy atom. The van der Waals surface area contributed by atoms with E-state index in [0.717, 1.165) is 103 Å². The van der Waals surface area contributed by atoms with Crippen LogP contribution in [-0.2, 0) is 27.9 Å². The molecule has 0 radical (unpaired) electrons. The second kappa shape index (κ2) is 55.7. The number of allylic oxidation sites excluding steroid dienone is 19. The summed E-state index contributed by atoms with van der Waals surface area (Å²) in [7, 11) is 1.12. The molecule has 0 saturated carbocycles. The van der Waals surface area contributed by atoms with E-state index < -0.39 is 26.6 Å². The smallest absolute Gasteiger partial charge is 0.306 e. The predicted molar refractivity (Wildman–Crippen MR) is 330 cm³/mol. The lowest BCUT2D eigenvalue weighted by Crippen LogP contribution is -2.47. The van der Waals surface area contributed by atoms with Gasteiger partial charge in [-0.3, -0.25) is 14.2 Å². The van der Waals surface area contributed by atoms with E-state index in [4.69, 9.17) is 13.8 Å². The summed E-state index contributed by atoms with van der Waals surface area (Å²) in [4.78, 5) is 39.9. The maximum absolute atomic E-state index is 13.5. The second-order valence-electron chi connectivity index (χ2n) is 21.5. The third kappa shape index (κ3) is 56.9. The Labute approximate surface area is 473 Å². The third-order valence-corrected chi connectivity index (χ3v) is 13.8. The van der Waals surface area contributed by atoms with Crippen LogP contribution in [0, 0.1) is 0 Å². The highest BCUT2D eigenvalue weighted by Crippen LogP contribution is 2.38. The van der Waals surface area contributed by atoms with Gasteiger partial charge in [0.2, 0.25) is 5.91 Å². The molecular formula is C67H115N2O7P. The SMILES string of the molecule is CC/C=C\C/C=C\C/C=C\C/C=C\C/C=C\CCCC(=O)NC(COP(=O)([O-])OCC[N+](C)(C)C)C(/C=C\CCCCCCCCCCC)OC(=O)CCCCCCCCC/C=C\C/C=C\C/C=C\C/C=C\CCCCC. The number of carbonyl (C=O) groups excluding carboxylic acids is 2. The summed E-state index contributed by atoms with van der Waals surface area (Å²) in [5.41, 5.74) is 0. The Hall–Kier alpha value is -3.59. The Balaban J connectivity index is 5.31. The summed E-state index contributed by atoms with van der Waals surface area (Å²) >= 11 is 0. The second-order valence-corrected chi connectivity index (χ2v) is 22.9. The normalized spacial score (nSPS) is 14.5. The van der Waals surface area contributed by atoms with Crippen molar-refractivity contribution in [2.75, 3.05) is 40.9 Å². The van der Waals surface area contributed by atoms with Gasteiger partial charge in [-0.25, -0.2) is 0 Å². The monoisotopic (exact) mass is 1090 g/mol. The van der Waals surface area contributed by atoms with Crippen molar-refractivity contribution in [2.24, 2.45) is 0 Å². The van der Waals surface area contributed by atoms with Crippen LogP contribution >= 0.6 is 7.82 Å². The zero-order valence-electron chi connectivity index (χ0n) is 50.1. The molecule has 0 aliphatic rings. The minimum absolute atomic E-state index is 0.0414. The van der Waals surface area contributed by atoms with E-state index >= 15 is 0 Å². The first-order valence-electron chi connectivity index (χ1n) is 30.8. The lowest BCUT2D eigenvalue weighted by Gasteiger charge is -2.30. The molecule has 0 aromatic heterocycles. The Bertz CT molecular complexity index is 1730. The molecule has 0 aromatic carbocycles. The van der Waals surface area contributed by atoms with Crippen molar-refractivity contribution in [3.8, 4) is 0 Å². The van der Waals surface area contributed by atoms with Crippen molar-refractivity contribution >= 4 is 19.7 Å². The van der Waals surface area contributed by atoms with E-state index in [9.17, 15) is 19.0 Å². The first-order valence-corrected chi connectivity index (χ1v) is 32.3. The standard InChI is InChI=1S/C67H115N2O7P/c1-7-10-13-16-19-22-25-27-29-31-32-33-34-35-36-38-40-42-45-48-51-54-57-60-67(71)76-65(58-55-52-49-46-43-24-21-18-15-12-9-3)64(63-75-77(72,73)74-62-61-69(4,5)6)68-66(70)59-56-53-50-47-44-41-39-37-30-28-26-23-20-17-14-11-8-2/h11,14,19-20,22-23,27-30,32-33,35-36,39,41,47,50,55,58,64-65H,7-10,12-13,15-18,21,24-26,31,34,37-38,40,42-46,48-49,51-54,56-57,59-63H2,1-6H3,(H-,68,70,72,73)/b14-11-,22-19-,23-20-,29-27-,30-28-,33-32-,36-35-,41-39-,50-47-,58-55-. The number of nitrogens with one attached hydrogen (secondary N) is 1. The van der Waals surface area contributed by atoms with E-state index in [0.29, 0.717) is 23.9 Å². The predicted octanol–water partition coefficient (Wildman–Crippen LogP) is 18.5. The topological polar surface area (TPSA) is 114 Å². The van der Waals surface area contributed by atoms with Gasteiger partial charge in [-0.2, -0.15) is 0 Å². The van der Waals surface area contributed by atoms with E-state index in [-0.39, 0.29) is 31.3 Å². The molecule has 0 heterocycles. The van der Waals surface area contributed by atoms with Crippen molar-refractivity contribution in [1.82, 2.24) is 5.32 Å². The molecule has 0 bridgehead atoms. The Kier molecular flexibility index (Phi) is 53.1. The molecule has 10 heteroatoms. The van der Waals surface area contributed by atoms with Gasteiger partial charge in [-0.05, 0) is 115 Å². The summed E-state index contributed by atoms with van der Waals surface area (Å²) in [6, 6.07) is -0.931. The van der Waals surface area contributed by atoms with Crippen LogP contribution in [0.25, 0.3) is 0 Å². The quantitative estimate of drug-likeness (QED) is 0.0212. The van der Waals surface area contributed by atoms with Gasteiger partial charge in [-0.1, -0.05) is 233 Å². The number of hydrogen-bond acceptors (Lipinski definition) is 7. The molecule has 3 unspecified atom stereocenters. The highest BCUT2D eigenvalue weighted by Gasteiger charge is 2.27. The highest BCUT2D eigenvalue weighted by atomic mass is 31.2. The molecule has 0 fully saturated rings. The number of ether oxygens (including phenoxy) is 1. The Morgan fingerprint density at radius 3 is 1.30 bits per heavy atom. The number of quaternary nitrogens is 1. The molecule has 0 aliphatic heterocycles. The van der Waals surface area contributed by atoms with Crippen LogP contribution in [0.4, 0.5) is 0 Å². The van der Waals surface area contributed by atoms with Crippen LogP contribution in [0.3, 0.4) is 0 Å². The van der Waals surface area contributed by atoms with Crippen molar-refractivity contribution in [2.45, 2.75) is 251 Å². The van der Waals surface area contributed by atoms with Crippen molar-refractivity contribution in [1.29, 1.82) is 0 Å². The lowest BCUT2D eigenvalue weighted by atomic mass is 10.1. The summed E-state index contributed by atoms with van der Waals surface area (Å²) in [6.45, 7) is 6.62. The number of phosphoric ester groups is 1. The molecule has 1 N–H and O–H groups in total.